The van der Waals surface area contributed by atoms with Crippen molar-refractivity contribution in [2.75, 3.05) is 0 Å². The van der Waals surface area contributed by atoms with Crippen molar-refractivity contribution in [2.45, 2.75) is 84.3 Å². The van der Waals surface area contributed by atoms with Crippen LogP contribution in [0, 0.1) is 5.92 Å². The second kappa shape index (κ2) is 5.60. The molecule has 0 heterocycles. The Morgan fingerprint density at radius 1 is 1.28 bits per heavy atom. The first kappa shape index (κ1) is 15.5. The summed E-state index contributed by atoms with van der Waals surface area (Å²) < 4.78 is 0. The molecule has 106 valence electrons. The van der Waals surface area contributed by atoms with Gasteiger partial charge in [0.1, 0.15) is 0 Å². The Labute approximate surface area is 112 Å². The minimum atomic E-state index is -0.146. The van der Waals surface area contributed by atoms with Crippen LogP contribution in [-0.4, -0.2) is 23.0 Å². The summed E-state index contributed by atoms with van der Waals surface area (Å²) in [6.07, 6.45) is 4.47. The molecule has 3 nitrogen and oxygen atoms in total. The molecule has 1 fully saturated rings. The summed E-state index contributed by atoms with van der Waals surface area (Å²) in [5, 5.41) is 6.75. The number of carbonyl (C=O) groups excluding carboxylic acids is 1. The van der Waals surface area contributed by atoms with Gasteiger partial charge in [0.15, 0.2) is 0 Å². The van der Waals surface area contributed by atoms with E-state index in [1.165, 1.54) is 6.42 Å². The lowest BCUT2D eigenvalue weighted by atomic mass is 9.72. The fourth-order valence-corrected chi connectivity index (χ4v) is 3.04. The second-order valence-corrected chi connectivity index (χ2v) is 7.25. The maximum Gasteiger partial charge on any atom is 0.225 e. The monoisotopic (exact) mass is 254 g/mol. The molecule has 1 aliphatic rings. The highest BCUT2D eigenvalue weighted by Gasteiger charge is 2.41. The predicted molar refractivity (Wildman–Crippen MR) is 76.5 cm³/mol. The quantitative estimate of drug-likeness (QED) is 0.813. The van der Waals surface area contributed by atoms with Crippen LogP contribution in [0.25, 0.3) is 0 Å². The van der Waals surface area contributed by atoms with Crippen molar-refractivity contribution in [2.24, 2.45) is 5.92 Å². The highest BCUT2D eigenvalue weighted by molar-refractivity contribution is 5.80. The topological polar surface area (TPSA) is 41.1 Å². The van der Waals surface area contributed by atoms with Gasteiger partial charge in [-0.1, -0.05) is 26.7 Å². The number of rotatable bonds is 3. The molecule has 0 radical (unpaired) electrons. The van der Waals surface area contributed by atoms with E-state index in [9.17, 15) is 4.79 Å². The molecule has 1 aliphatic carbocycles. The fraction of sp³-hybridized carbons (Fsp3) is 0.933. The highest BCUT2D eigenvalue weighted by atomic mass is 16.2. The van der Waals surface area contributed by atoms with Gasteiger partial charge < -0.3 is 10.6 Å². The summed E-state index contributed by atoms with van der Waals surface area (Å²) in [5.41, 5.74) is -0.199. The Hall–Kier alpha value is -0.570. The molecule has 0 saturated heterocycles. The van der Waals surface area contributed by atoms with Crippen LogP contribution in [0.5, 0.6) is 0 Å². The van der Waals surface area contributed by atoms with Gasteiger partial charge >= 0.3 is 0 Å². The van der Waals surface area contributed by atoms with Crippen LogP contribution in [0.3, 0.4) is 0 Å². The molecule has 3 heteroatoms. The molecule has 2 N–H and O–H groups in total. The van der Waals surface area contributed by atoms with Crippen molar-refractivity contribution in [3.05, 3.63) is 0 Å². The van der Waals surface area contributed by atoms with E-state index in [1.807, 2.05) is 20.8 Å². The Morgan fingerprint density at radius 3 is 2.39 bits per heavy atom. The third-order valence-electron chi connectivity index (χ3n) is 3.64. The molecule has 1 saturated carbocycles. The Morgan fingerprint density at radius 2 is 1.89 bits per heavy atom. The van der Waals surface area contributed by atoms with Crippen LogP contribution in [0.1, 0.15) is 67.2 Å². The largest absolute Gasteiger partial charge is 0.351 e. The SMILES string of the molecule is CC(C)NC1(C)CCCCC1C(=O)NC(C)(C)C. The molecule has 18 heavy (non-hydrogen) atoms. The summed E-state index contributed by atoms with van der Waals surface area (Å²) in [4.78, 5) is 12.5. The third-order valence-corrected chi connectivity index (χ3v) is 3.64. The fourth-order valence-electron chi connectivity index (χ4n) is 3.04. The number of hydrogen-bond donors (Lipinski definition) is 2. The van der Waals surface area contributed by atoms with Crippen LogP contribution in [0.15, 0.2) is 0 Å². The number of amides is 1. The van der Waals surface area contributed by atoms with E-state index in [4.69, 9.17) is 0 Å². The molecule has 2 unspecified atom stereocenters. The van der Waals surface area contributed by atoms with Gasteiger partial charge in [0, 0.05) is 17.1 Å². The molecule has 0 aliphatic heterocycles. The summed E-state index contributed by atoms with van der Waals surface area (Å²) >= 11 is 0. The van der Waals surface area contributed by atoms with E-state index in [0.717, 1.165) is 19.3 Å². The average molecular weight is 254 g/mol. The predicted octanol–water partition coefficient (Wildman–Crippen LogP) is 2.85. The summed E-state index contributed by atoms with van der Waals surface area (Å²) in [6.45, 7) is 12.6. The molecule has 0 bridgehead atoms. The van der Waals surface area contributed by atoms with Gasteiger partial charge in [0.25, 0.3) is 0 Å². The van der Waals surface area contributed by atoms with E-state index < -0.39 is 0 Å². The van der Waals surface area contributed by atoms with Crippen LogP contribution in [0.4, 0.5) is 0 Å². The Bertz CT molecular complexity index is 293. The Balaban J connectivity index is 2.79. The minimum Gasteiger partial charge on any atom is -0.351 e. The lowest BCUT2D eigenvalue weighted by Crippen LogP contribution is -2.59. The van der Waals surface area contributed by atoms with Crippen molar-refractivity contribution in [3.63, 3.8) is 0 Å². The maximum atomic E-state index is 12.5. The number of hydrogen-bond acceptors (Lipinski definition) is 2. The first-order valence-electron chi connectivity index (χ1n) is 7.24. The number of carbonyl (C=O) groups is 1. The van der Waals surface area contributed by atoms with Gasteiger partial charge in [-0.05, 0) is 40.5 Å². The zero-order valence-electron chi connectivity index (χ0n) is 12.9. The smallest absolute Gasteiger partial charge is 0.225 e. The average Bonchev–Trinajstić information content (AvgIpc) is 2.12. The van der Waals surface area contributed by atoms with Gasteiger partial charge in [-0.2, -0.15) is 0 Å². The van der Waals surface area contributed by atoms with E-state index >= 15 is 0 Å². The molecule has 0 aromatic heterocycles. The maximum absolute atomic E-state index is 12.5. The van der Waals surface area contributed by atoms with Crippen molar-refractivity contribution in [1.29, 1.82) is 0 Å². The van der Waals surface area contributed by atoms with Crippen LogP contribution in [-0.2, 0) is 4.79 Å². The molecular formula is C15H30N2O. The lowest BCUT2D eigenvalue weighted by molar-refractivity contribution is -0.130. The van der Waals surface area contributed by atoms with Crippen LogP contribution < -0.4 is 10.6 Å². The molecule has 0 aromatic rings. The van der Waals surface area contributed by atoms with Crippen LogP contribution in [0.2, 0.25) is 0 Å². The van der Waals surface area contributed by atoms with Crippen molar-refractivity contribution < 1.29 is 4.79 Å². The zero-order chi connectivity index (χ0) is 14.0. The third kappa shape index (κ3) is 4.27. The summed E-state index contributed by atoms with van der Waals surface area (Å²) in [6, 6.07) is 0.415. The van der Waals surface area contributed by atoms with E-state index in [2.05, 4.69) is 31.4 Å². The van der Waals surface area contributed by atoms with Gasteiger partial charge in [-0.3, -0.25) is 4.79 Å². The van der Waals surface area contributed by atoms with Gasteiger partial charge in [0.2, 0.25) is 5.91 Å². The summed E-state index contributed by atoms with van der Waals surface area (Å²) in [7, 11) is 0. The highest BCUT2D eigenvalue weighted by Crippen LogP contribution is 2.34. The lowest BCUT2D eigenvalue weighted by Gasteiger charge is -2.43. The van der Waals surface area contributed by atoms with Gasteiger partial charge in [-0.25, -0.2) is 0 Å². The molecule has 1 amide bonds. The normalized spacial score (nSPS) is 29.4. The molecular weight excluding hydrogens is 224 g/mol. The standard InChI is InChI=1S/C15H30N2O/c1-11(2)16-15(6)10-8-7-9-12(15)13(18)17-14(3,4)5/h11-12,16H,7-10H2,1-6H3,(H,17,18). The molecule has 0 aromatic carbocycles. The van der Waals surface area contributed by atoms with Gasteiger partial charge in [0.05, 0.1) is 5.92 Å². The van der Waals surface area contributed by atoms with Gasteiger partial charge in [-0.15, -0.1) is 0 Å². The van der Waals surface area contributed by atoms with E-state index in [0.29, 0.717) is 6.04 Å². The minimum absolute atomic E-state index is 0.0538. The summed E-state index contributed by atoms with van der Waals surface area (Å²) in [5.74, 6) is 0.297. The zero-order valence-corrected chi connectivity index (χ0v) is 12.9. The van der Waals surface area contributed by atoms with Crippen molar-refractivity contribution in [3.8, 4) is 0 Å². The molecule has 1 rings (SSSR count). The molecule has 2 atom stereocenters. The van der Waals surface area contributed by atoms with E-state index in [-0.39, 0.29) is 22.9 Å². The van der Waals surface area contributed by atoms with Crippen LogP contribution >= 0.6 is 0 Å². The van der Waals surface area contributed by atoms with E-state index in [1.54, 1.807) is 0 Å². The van der Waals surface area contributed by atoms with Crippen molar-refractivity contribution >= 4 is 5.91 Å². The molecule has 0 spiro atoms. The van der Waals surface area contributed by atoms with Crippen molar-refractivity contribution in [1.82, 2.24) is 10.6 Å². The number of nitrogens with one attached hydrogen (secondary N) is 2. The Kier molecular flexibility index (Phi) is 4.82. The second-order valence-electron chi connectivity index (χ2n) is 7.25. The first-order valence-corrected chi connectivity index (χ1v) is 7.24. The first-order chi connectivity index (χ1) is 8.14.